The van der Waals surface area contributed by atoms with Gasteiger partial charge in [0.05, 0.1) is 24.1 Å². The van der Waals surface area contributed by atoms with Crippen LogP contribution in [0.15, 0.2) is 10.9 Å². The predicted molar refractivity (Wildman–Crippen MR) is 80.0 cm³/mol. The fraction of sp³-hybridized carbons (Fsp3) is 0.786. The van der Waals surface area contributed by atoms with Crippen LogP contribution in [-0.4, -0.2) is 70.9 Å². The van der Waals surface area contributed by atoms with E-state index in [1.165, 1.54) is 6.39 Å². The van der Waals surface area contributed by atoms with Gasteiger partial charge in [0.25, 0.3) is 0 Å². The molecule has 3 heterocycles. The second-order valence-corrected chi connectivity index (χ2v) is 8.84. The summed E-state index contributed by atoms with van der Waals surface area (Å²) in [4.78, 5) is 20.5. The topological polar surface area (TPSA) is 96.6 Å². The van der Waals surface area contributed by atoms with E-state index in [2.05, 4.69) is 15.0 Å². The minimum absolute atomic E-state index is 0.0683. The van der Waals surface area contributed by atoms with Gasteiger partial charge in [-0.25, -0.2) is 8.42 Å². The van der Waals surface area contributed by atoms with Crippen molar-refractivity contribution >= 4 is 15.7 Å². The Labute approximate surface area is 134 Å². The molecular weight excluding hydrogens is 320 g/mol. The Balaban J connectivity index is 1.55. The second-order valence-electron chi connectivity index (χ2n) is 6.69. The third-order valence-electron chi connectivity index (χ3n) is 5.28. The number of carbonyl (C=O) groups excluding carboxylic acids is 1. The van der Waals surface area contributed by atoms with Crippen LogP contribution in [0.2, 0.25) is 0 Å². The molecule has 9 heteroatoms. The standard InChI is InChI=1S/C14H20N4O4S/c19-14(10-2-1-3-10)18-5-4-17(6-13-15-9-22-16-13)11-7-23(20,21)8-12(11)18/h9-12H,1-8H2/t11-,12+/m1/s1. The summed E-state index contributed by atoms with van der Waals surface area (Å²) in [6.07, 6.45) is 4.24. The van der Waals surface area contributed by atoms with Crippen molar-refractivity contribution in [3.63, 3.8) is 0 Å². The summed E-state index contributed by atoms with van der Waals surface area (Å²) >= 11 is 0. The van der Waals surface area contributed by atoms with Gasteiger partial charge in [-0.3, -0.25) is 9.69 Å². The molecule has 1 aliphatic carbocycles. The van der Waals surface area contributed by atoms with Crippen LogP contribution in [0.3, 0.4) is 0 Å². The van der Waals surface area contributed by atoms with Crippen LogP contribution in [0.5, 0.6) is 0 Å². The van der Waals surface area contributed by atoms with Crippen molar-refractivity contribution in [1.82, 2.24) is 19.9 Å². The van der Waals surface area contributed by atoms with Gasteiger partial charge in [0.2, 0.25) is 12.3 Å². The molecule has 0 aromatic carbocycles. The maximum Gasteiger partial charge on any atom is 0.226 e. The van der Waals surface area contributed by atoms with Crippen LogP contribution in [0.25, 0.3) is 0 Å². The van der Waals surface area contributed by atoms with Crippen molar-refractivity contribution in [1.29, 1.82) is 0 Å². The summed E-state index contributed by atoms with van der Waals surface area (Å²) < 4.78 is 29.1. The van der Waals surface area contributed by atoms with Crippen LogP contribution in [-0.2, 0) is 21.2 Å². The summed E-state index contributed by atoms with van der Waals surface area (Å²) in [5.74, 6) is 0.958. The molecule has 3 aliphatic rings. The molecule has 1 aromatic rings. The molecule has 1 aromatic heterocycles. The van der Waals surface area contributed by atoms with E-state index in [1.807, 2.05) is 4.90 Å². The molecule has 2 atom stereocenters. The molecule has 0 N–H and O–H groups in total. The first-order chi connectivity index (χ1) is 11.0. The Kier molecular flexibility index (Phi) is 3.64. The van der Waals surface area contributed by atoms with Gasteiger partial charge in [-0.15, -0.1) is 0 Å². The highest BCUT2D eigenvalue weighted by Crippen LogP contribution is 2.33. The fourth-order valence-electron chi connectivity index (χ4n) is 3.83. The van der Waals surface area contributed by atoms with Crippen molar-refractivity contribution in [3.8, 4) is 0 Å². The average Bonchev–Trinajstić information content (AvgIpc) is 3.03. The molecule has 2 aliphatic heterocycles. The molecule has 126 valence electrons. The molecule has 0 unspecified atom stereocenters. The van der Waals surface area contributed by atoms with E-state index >= 15 is 0 Å². The van der Waals surface area contributed by atoms with Crippen molar-refractivity contribution in [3.05, 3.63) is 12.2 Å². The van der Waals surface area contributed by atoms with Crippen LogP contribution >= 0.6 is 0 Å². The van der Waals surface area contributed by atoms with E-state index in [1.54, 1.807) is 0 Å². The summed E-state index contributed by atoms with van der Waals surface area (Å²) in [6.45, 7) is 1.67. The zero-order chi connectivity index (χ0) is 16.0. The minimum Gasteiger partial charge on any atom is -0.343 e. The Morgan fingerprint density at radius 1 is 1.26 bits per heavy atom. The van der Waals surface area contributed by atoms with Gasteiger partial charge >= 0.3 is 0 Å². The summed E-state index contributed by atoms with van der Waals surface area (Å²) in [7, 11) is -3.12. The van der Waals surface area contributed by atoms with Crippen LogP contribution in [0.4, 0.5) is 0 Å². The van der Waals surface area contributed by atoms with E-state index in [0.29, 0.717) is 25.5 Å². The summed E-state index contributed by atoms with van der Waals surface area (Å²) in [6, 6.07) is -0.412. The number of fused-ring (bicyclic) bond motifs is 1. The first kappa shape index (κ1) is 15.1. The van der Waals surface area contributed by atoms with Crippen LogP contribution in [0, 0.1) is 5.92 Å². The van der Waals surface area contributed by atoms with E-state index in [4.69, 9.17) is 4.52 Å². The van der Waals surface area contributed by atoms with Gasteiger partial charge in [-0.2, -0.15) is 4.98 Å². The van der Waals surface area contributed by atoms with Gasteiger partial charge in [0.15, 0.2) is 15.7 Å². The Morgan fingerprint density at radius 3 is 2.70 bits per heavy atom. The lowest BCUT2D eigenvalue weighted by Crippen LogP contribution is -2.61. The summed E-state index contributed by atoms with van der Waals surface area (Å²) in [5, 5.41) is 3.81. The number of piperazine rings is 1. The lowest BCUT2D eigenvalue weighted by Gasteiger charge is -2.45. The first-order valence-corrected chi connectivity index (χ1v) is 9.86. The molecule has 0 spiro atoms. The SMILES string of the molecule is O=C(C1CCC1)N1CCN(Cc2ncon2)[C@@H]2CS(=O)(=O)C[C@@H]21. The van der Waals surface area contributed by atoms with E-state index < -0.39 is 9.84 Å². The third-order valence-corrected chi connectivity index (χ3v) is 6.98. The van der Waals surface area contributed by atoms with Crippen molar-refractivity contribution in [2.75, 3.05) is 24.6 Å². The van der Waals surface area contributed by atoms with Gasteiger partial charge in [-0.05, 0) is 12.8 Å². The van der Waals surface area contributed by atoms with Crippen LogP contribution in [0.1, 0.15) is 25.1 Å². The number of nitrogens with zero attached hydrogens (tertiary/aromatic N) is 4. The predicted octanol–water partition coefficient (Wildman–Crippen LogP) is -0.320. The normalized spacial score (nSPS) is 30.9. The number of sulfone groups is 1. The van der Waals surface area contributed by atoms with Crippen molar-refractivity contribution < 1.29 is 17.7 Å². The second kappa shape index (κ2) is 5.55. The zero-order valence-corrected chi connectivity index (χ0v) is 13.6. The highest BCUT2D eigenvalue weighted by Gasteiger charge is 2.49. The fourth-order valence-corrected chi connectivity index (χ4v) is 5.84. The smallest absolute Gasteiger partial charge is 0.226 e. The minimum atomic E-state index is -3.12. The van der Waals surface area contributed by atoms with Crippen molar-refractivity contribution in [2.45, 2.75) is 37.9 Å². The maximum absolute atomic E-state index is 12.6. The zero-order valence-electron chi connectivity index (χ0n) is 12.8. The monoisotopic (exact) mass is 340 g/mol. The molecule has 4 rings (SSSR count). The van der Waals surface area contributed by atoms with Gasteiger partial charge in [-0.1, -0.05) is 11.6 Å². The van der Waals surface area contributed by atoms with Crippen LogP contribution < -0.4 is 0 Å². The molecular formula is C14H20N4O4S. The Morgan fingerprint density at radius 2 is 2.04 bits per heavy atom. The van der Waals surface area contributed by atoms with Gasteiger partial charge in [0, 0.05) is 25.0 Å². The lowest BCUT2D eigenvalue weighted by atomic mass is 9.83. The highest BCUT2D eigenvalue weighted by molar-refractivity contribution is 7.91. The molecule has 1 amide bonds. The summed E-state index contributed by atoms with van der Waals surface area (Å²) in [5.41, 5.74) is 0. The van der Waals surface area contributed by atoms with E-state index in [9.17, 15) is 13.2 Å². The third kappa shape index (κ3) is 2.76. The number of rotatable bonds is 3. The number of aromatic nitrogens is 2. The number of hydrogen-bond donors (Lipinski definition) is 0. The Hall–Kier alpha value is -1.48. The van der Waals surface area contributed by atoms with E-state index in [-0.39, 0.29) is 35.4 Å². The molecule has 1 saturated carbocycles. The quantitative estimate of drug-likeness (QED) is 0.744. The molecule has 0 radical (unpaired) electrons. The van der Waals surface area contributed by atoms with Gasteiger partial charge in [0.1, 0.15) is 0 Å². The molecule has 3 fully saturated rings. The van der Waals surface area contributed by atoms with E-state index in [0.717, 1.165) is 19.3 Å². The molecule has 23 heavy (non-hydrogen) atoms. The van der Waals surface area contributed by atoms with Gasteiger partial charge < -0.3 is 9.42 Å². The van der Waals surface area contributed by atoms with Crippen molar-refractivity contribution in [2.24, 2.45) is 5.92 Å². The average molecular weight is 340 g/mol. The lowest BCUT2D eigenvalue weighted by molar-refractivity contribution is -0.144. The largest absolute Gasteiger partial charge is 0.343 e. The molecule has 0 bridgehead atoms. The number of amides is 1. The number of hydrogen-bond acceptors (Lipinski definition) is 7. The maximum atomic E-state index is 12.6. The highest BCUT2D eigenvalue weighted by atomic mass is 32.2. The number of carbonyl (C=O) groups is 1. The molecule has 2 saturated heterocycles. The Bertz CT molecular complexity index is 686. The first-order valence-electron chi connectivity index (χ1n) is 8.04. The molecule has 8 nitrogen and oxygen atoms in total.